The van der Waals surface area contributed by atoms with E-state index < -0.39 is 0 Å². The summed E-state index contributed by atoms with van der Waals surface area (Å²) >= 11 is 1.79. The first-order valence-corrected chi connectivity index (χ1v) is 6.61. The number of rotatable bonds is 3. The first kappa shape index (κ1) is 11.1. The summed E-state index contributed by atoms with van der Waals surface area (Å²) in [7, 11) is 0. The Kier molecular flexibility index (Phi) is 3.12. The average Bonchev–Trinajstić information content (AvgIpc) is 2.84. The molecule has 2 nitrogen and oxygen atoms in total. The smallest absolute Gasteiger partial charge is 0.102 e. The van der Waals surface area contributed by atoms with Crippen molar-refractivity contribution in [1.82, 2.24) is 4.98 Å². The minimum Gasteiger partial charge on any atom is -0.395 e. The molecule has 1 aromatic heterocycles. The third-order valence-electron chi connectivity index (χ3n) is 3.54. The van der Waals surface area contributed by atoms with Crippen LogP contribution in [0.25, 0.3) is 0 Å². The van der Waals surface area contributed by atoms with E-state index in [9.17, 15) is 5.11 Å². The van der Waals surface area contributed by atoms with Crippen LogP contribution in [-0.2, 0) is 11.8 Å². The fourth-order valence-corrected chi connectivity index (χ4v) is 3.71. The zero-order valence-corrected chi connectivity index (χ0v) is 10.4. The highest BCUT2D eigenvalue weighted by atomic mass is 32.1. The molecular weight excluding hydrogens is 206 g/mol. The molecule has 1 aliphatic rings. The predicted molar refractivity (Wildman–Crippen MR) is 63.5 cm³/mol. The molecule has 0 spiro atoms. The van der Waals surface area contributed by atoms with E-state index >= 15 is 0 Å². The number of nitrogens with zero attached hydrogens (tertiary/aromatic N) is 1. The molecule has 15 heavy (non-hydrogen) atoms. The summed E-state index contributed by atoms with van der Waals surface area (Å²) < 4.78 is 0. The third-order valence-corrected chi connectivity index (χ3v) is 4.80. The number of hydrogen-bond acceptors (Lipinski definition) is 3. The van der Waals surface area contributed by atoms with E-state index in [4.69, 9.17) is 4.98 Å². The molecular formula is C12H19NOS. The molecule has 1 aliphatic carbocycles. The van der Waals surface area contributed by atoms with E-state index in [0.717, 1.165) is 19.3 Å². The molecule has 1 fully saturated rings. The van der Waals surface area contributed by atoms with Crippen LogP contribution in [0.15, 0.2) is 0 Å². The van der Waals surface area contributed by atoms with Crippen LogP contribution < -0.4 is 0 Å². The van der Waals surface area contributed by atoms with E-state index in [1.54, 1.807) is 11.3 Å². The number of aromatic nitrogens is 1. The van der Waals surface area contributed by atoms with Crippen LogP contribution in [-0.4, -0.2) is 16.7 Å². The molecule has 0 unspecified atom stereocenters. The molecule has 1 heterocycles. The van der Waals surface area contributed by atoms with E-state index in [1.807, 2.05) is 0 Å². The topological polar surface area (TPSA) is 33.1 Å². The second-order valence-corrected chi connectivity index (χ2v) is 5.72. The Morgan fingerprint density at radius 2 is 2.07 bits per heavy atom. The molecule has 3 heteroatoms. The number of hydrogen-bond donors (Lipinski definition) is 1. The van der Waals surface area contributed by atoms with Gasteiger partial charge in [0.25, 0.3) is 0 Å². The van der Waals surface area contributed by atoms with Crippen LogP contribution in [0.4, 0.5) is 0 Å². The Hall–Kier alpha value is -0.410. The lowest BCUT2D eigenvalue weighted by Crippen LogP contribution is -2.26. The first-order chi connectivity index (χ1) is 7.22. The van der Waals surface area contributed by atoms with Gasteiger partial charge in [0.2, 0.25) is 0 Å². The van der Waals surface area contributed by atoms with Gasteiger partial charge >= 0.3 is 0 Å². The first-order valence-electron chi connectivity index (χ1n) is 5.79. The van der Waals surface area contributed by atoms with E-state index in [-0.39, 0.29) is 12.0 Å². The van der Waals surface area contributed by atoms with Crippen molar-refractivity contribution in [2.24, 2.45) is 0 Å². The van der Waals surface area contributed by atoms with E-state index in [0.29, 0.717) is 0 Å². The standard InChI is InChI=1S/C12H19NOS/c1-3-10-9(2)15-11(13-10)12(8-14)6-4-5-7-12/h14H,3-8H2,1-2H3. The summed E-state index contributed by atoms with van der Waals surface area (Å²) in [5.41, 5.74) is 1.22. The molecule has 0 atom stereocenters. The molecule has 0 radical (unpaired) electrons. The van der Waals surface area contributed by atoms with Crippen LogP contribution in [0.3, 0.4) is 0 Å². The van der Waals surface area contributed by atoms with Gasteiger partial charge in [0.1, 0.15) is 5.01 Å². The van der Waals surface area contributed by atoms with Gasteiger partial charge in [0.15, 0.2) is 0 Å². The Bertz CT molecular complexity index is 339. The van der Waals surface area contributed by atoms with Gasteiger partial charge in [-0.2, -0.15) is 0 Å². The predicted octanol–water partition coefficient (Wildman–Crippen LogP) is 2.82. The number of thiazole rings is 1. The van der Waals surface area contributed by atoms with Crippen molar-refractivity contribution in [3.05, 3.63) is 15.6 Å². The highest BCUT2D eigenvalue weighted by molar-refractivity contribution is 7.11. The summed E-state index contributed by atoms with van der Waals surface area (Å²) in [4.78, 5) is 6.04. The second-order valence-electron chi connectivity index (χ2n) is 4.52. The number of aliphatic hydroxyl groups excluding tert-OH is 1. The fourth-order valence-electron chi connectivity index (χ4n) is 2.47. The lowest BCUT2D eigenvalue weighted by atomic mass is 9.88. The summed E-state index contributed by atoms with van der Waals surface area (Å²) in [6.45, 7) is 4.55. The highest BCUT2D eigenvalue weighted by Crippen LogP contribution is 2.42. The van der Waals surface area contributed by atoms with Crippen molar-refractivity contribution in [1.29, 1.82) is 0 Å². The molecule has 0 aromatic carbocycles. The van der Waals surface area contributed by atoms with Crippen molar-refractivity contribution < 1.29 is 5.11 Å². The van der Waals surface area contributed by atoms with Crippen molar-refractivity contribution in [3.8, 4) is 0 Å². The normalized spacial score (nSPS) is 19.7. The summed E-state index contributed by atoms with van der Waals surface area (Å²) in [5, 5.41) is 10.8. The quantitative estimate of drug-likeness (QED) is 0.858. The monoisotopic (exact) mass is 225 g/mol. The van der Waals surface area contributed by atoms with Crippen molar-refractivity contribution in [3.63, 3.8) is 0 Å². The van der Waals surface area contributed by atoms with Gasteiger partial charge < -0.3 is 5.11 Å². The van der Waals surface area contributed by atoms with Gasteiger partial charge in [-0.25, -0.2) is 4.98 Å². The van der Waals surface area contributed by atoms with Gasteiger partial charge in [0, 0.05) is 10.3 Å². The zero-order valence-electron chi connectivity index (χ0n) is 9.55. The molecule has 84 valence electrons. The molecule has 0 saturated heterocycles. The van der Waals surface area contributed by atoms with Crippen molar-refractivity contribution in [2.75, 3.05) is 6.61 Å². The van der Waals surface area contributed by atoms with E-state index in [1.165, 1.54) is 28.4 Å². The maximum absolute atomic E-state index is 9.61. The number of aryl methyl sites for hydroxylation is 2. The highest BCUT2D eigenvalue weighted by Gasteiger charge is 2.38. The summed E-state index contributed by atoms with van der Waals surface area (Å²) in [6, 6.07) is 0. The molecule has 1 N–H and O–H groups in total. The molecule has 1 aromatic rings. The Labute approximate surface area is 95.4 Å². The lowest BCUT2D eigenvalue weighted by Gasteiger charge is -2.23. The Morgan fingerprint density at radius 3 is 2.53 bits per heavy atom. The van der Waals surface area contributed by atoms with Crippen LogP contribution in [0.1, 0.15) is 48.2 Å². The Morgan fingerprint density at radius 1 is 1.40 bits per heavy atom. The van der Waals surface area contributed by atoms with Crippen molar-refractivity contribution in [2.45, 2.75) is 51.4 Å². The third kappa shape index (κ3) is 1.83. The average molecular weight is 225 g/mol. The van der Waals surface area contributed by atoms with Gasteiger partial charge in [-0.1, -0.05) is 19.8 Å². The van der Waals surface area contributed by atoms with Gasteiger partial charge in [-0.3, -0.25) is 0 Å². The molecule has 0 aliphatic heterocycles. The molecule has 1 saturated carbocycles. The summed E-state index contributed by atoms with van der Waals surface area (Å²) in [5.74, 6) is 0. The lowest BCUT2D eigenvalue weighted by molar-refractivity contribution is 0.195. The second kappa shape index (κ2) is 4.22. The van der Waals surface area contributed by atoms with Gasteiger partial charge in [0.05, 0.1) is 12.3 Å². The maximum atomic E-state index is 9.61. The summed E-state index contributed by atoms with van der Waals surface area (Å²) in [6.07, 6.45) is 5.70. The largest absolute Gasteiger partial charge is 0.395 e. The number of aliphatic hydroxyl groups is 1. The molecule has 2 rings (SSSR count). The van der Waals surface area contributed by atoms with Crippen LogP contribution in [0, 0.1) is 6.92 Å². The van der Waals surface area contributed by atoms with E-state index in [2.05, 4.69) is 13.8 Å². The van der Waals surface area contributed by atoms with Gasteiger partial charge in [-0.15, -0.1) is 11.3 Å². The Balaban J connectivity index is 2.34. The van der Waals surface area contributed by atoms with Gasteiger partial charge in [-0.05, 0) is 26.2 Å². The van der Waals surface area contributed by atoms with Crippen LogP contribution >= 0.6 is 11.3 Å². The van der Waals surface area contributed by atoms with Crippen LogP contribution in [0.2, 0.25) is 0 Å². The molecule has 0 bridgehead atoms. The SMILES string of the molecule is CCc1nc(C2(CO)CCCC2)sc1C. The minimum absolute atomic E-state index is 0.00282. The molecule has 0 amide bonds. The maximum Gasteiger partial charge on any atom is 0.102 e. The van der Waals surface area contributed by atoms with Crippen molar-refractivity contribution >= 4 is 11.3 Å². The fraction of sp³-hybridized carbons (Fsp3) is 0.750. The zero-order chi connectivity index (χ0) is 10.9. The van der Waals surface area contributed by atoms with Crippen LogP contribution in [0.5, 0.6) is 0 Å². The minimum atomic E-state index is 0.00282.